The van der Waals surface area contributed by atoms with Gasteiger partial charge >= 0.3 is 0 Å². The average molecular weight is 410 g/mol. The smallest absolute Gasteiger partial charge is 0.226 e. The molecule has 1 aliphatic heterocycles. The number of likely N-dealkylation sites (tertiary alicyclic amines) is 1. The van der Waals surface area contributed by atoms with E-state index >= 15 is 0 Å². The van der Waals surface area contributed by atoms with E-state index in [0.717, 1.165) is 41.1 Å². The summed E-state index contributed by atoms with van der Waals surface area (Å²) in [6.07, 6.45) is 1.56. The normalized spacial score (nSPS) is 18.0. The first-order valence-corrected chi connectivity index (χ1v) is 10.3. The largest absolute Gasteiger partial charge is 0.458 e. The number of furan rings is 1. The molecule has 4 rings (SSSR count). The van der Waals surface area contributed by atoms with Crippen molar-refractivity contribution in [2.45, 2.75) is 33.6 Å². The molecule has 30 heavy (non-hydrogen) atoms. The predicted molar refractivity (Wildman–Crippen MR) is 114 cm³/mol. The molecular formula is C22H29N6O2+. The van der Waals surface area contributed by atoms with Gasteiger partial charge in [-0.25, -0.2) is 14.6 Å². The molecule has 158 valence electrons. The van der Waals surface area contributed by atoms with Crippen LogP contribution in [0, 0.1) is 26.7 Å². The Labute approximate surface area is 176 Å². The molecule has 0 bridgehead atoms. The second-order valence-electron chi connectivity index (χ2n) is 8.93. The van der Waals surface area contributed by atoms with Gasteiger partial charge in [0, 0.05) is 30.5 Å². The molecule has 4 heterocycles. The Kier molecular flexibility index (Phi) is 5.19. The van der Waals surface area contributed by atoms with Crippen LogP contribution < -0.4 is 5.32 Å². The highest BCUT2D eigenvalue weighted by Crippen LogP contribution is 2.25. The highest BCUT2D eigenvalue weighted by Gasteiger charge is 2.32. The standard InChI is InChI=1S/C22H28N6O2/c1-14-10-15(2)27(26-14)20-12-19(24-22(25-20)18-7-6-16(3)30-18)23-21(29)11-17-8-9-28(4,5)13-17/h6-7,10,12,17H,8-9,11,13H2,1-5H3/p+1/t17-/m0/s1. The van der Waals surface area contributed by atoms with Crippen molar-refractivity contribution >= 4 is 11.7 Å². The summed E-state index contributed by atoms with van der Waals surface area (Å²) in [5, 5.41) is 7.49. The molecule has 0 saturated carbocycles. The third kappa shape index (κ3) is 4.43. The number of nitrogens with one attached hydrogen (secondary N) is 1. The summed E-state index contributed by atoms with van der Waals surface area (Å²) in [5.41, 5.74) is 1.85. The Balaban J connectivity index is 1.62. The van der Waals surface area contributed by atoms with Gasteiger partial charge < -0.3 is 14.2 Å². The van der Waals surface area contributed by atoms with Gasteiger partial charge in [-0.15, -0.1) is 0 Å². The third-order valence-corrected chi connectivity index (χ3v) is 5.54. The van der Waals surface area contributed by atoms with Crippen LogP contribution in [-0.2, 0) is 4.79 Å². The Morgan fingerprint density at radius 1 is 1.23 bits per heavy atom. The molecule has 0 radical (unpaired) electrons. The number of carbonyl (C=O) groups excluding carboxylic acids is 1. The maximum Gasteiger partial charge on any atom is 0.226 e. The molecule has 0 aliphatic carbocycles. The SMILES string of the molecule is Cc1cc(C)n(-c2cc(NC(=O)C[C@@H]3CC[N+](C)(C)C3)nc(-c3ccc(C)o3)n2)n1. The van der Waals surface area contributed by atoms with E-state index < -0.39 is 0 Å². The molecule has 1 atom stereocenters. The van der Waals surface area contributed by atoms with E-state index in [1.165, 1.54) is 0 Å². The summed E-state index contributed by atoms with van der Waals surface area (Å²) in [4.78, 5) is 21.9. The van der Waals surface area contributed by atoms with Gasteiger partial charge in [0.05, 0.1) is 32.9 Å². The Morgan fingerprint density at radius 2 is 2.03 bits per heavy atom. The lowest BCUT2D eigenvalue weighted by molar-refractivity contribution is -0.879. The number of aromatic nitrogens is 4. The lowest BCUT2D eigenvalue weighted by atomic mass is 10.0. The number of quaternary nitrogens is 1. The van der Waals surface area contributed by atoms with Gasteiger partial charge in [-0.05, 0) is 39.0 Å². The van der Waals surface area contributed by atoms with Gasteiger partial charge in [-0.2, -0.15) is 5.10 Å². The highest BCUT2D eigenvalue weighted by atomic mass is 16.3. The van der Waals surface area contributed by atoms with E-state index in [0.29, 0.717) is 35.6 Å². The van der Waals surface area contributed by atoms with Crippen LogP contribution in [0.4, 0.5) is 5.82 Å². The van der Waals surface area contributed by atoms with E-state index in [1.54, 1.807) is 10.7 Å². The van der Waals surface area contributed by atoms with Crippen molar-refractivity contribution in [1.29, 1.82) is 0 Å². The lowest BCUT2D eigenvalue weighted by Crippen LogP contribution is -2.36. The Morgan fingerprint density at radius 3 is 2.63 bits per heavy atom. The van der Waals surface area contributed by atoms with Gasteiger partial charge in [-0.3, -0.25) is 4.79 Å². The molecule has 0 aromatic carbocycles. The number of nitrogens with zero attached hydrogens (tertiary/aromatic N) is 5. The van der Waals surface area contributed by atoms with E-state index in [-0.39, 0.29) is 5.91 Å². The molecule has 1 amide bonds. The van der Waals surface area contributed by atoms with Crippen LogP contribution in [-0.4, -0.2) is 57.3 Å². The van der Waals surface area contributed by atoms with Crippen molar-refractivity contribution in [2.75, 3.05) is 32.5 Å². The minimum absolute atomic E-state index is 0.0264. The molecule has 8 nitrogen and oxygen atoms in total. The Bertz CT molecular complexity index is 1080. The van der Waals surface area contributed by atoms with E-state index in [1.807, 2.05) is 39.0 Å². The zero-order chi connectivity index (χ0) is 21.5. The average Bonchev–Trinajstić information content (AvgIpc) is 3.33. The summed E-state index contributed by atoms with van der Waals surface area (Å²) >= 11 is 0. The van der Waals surface area contributed by atoms with Crippen LogP contribution in [0.3, 0.4) is 0 Å². The number of hydrogen-bond acceptors (Lipinski definition) is 5. The quantitative estimate of drug-likeness (QED) is 0.654. The number of hydrogen-bond donors (Lipinski definition) is 1. The van der Waals surface area contributed by atoms with Crippen LogP contribution >= 0.6 is 0 Å². The second-order valence-corrected chi connectivity index (χ2v) is 8.93. The van der Waals surface area contributed by atoms with Crippen LogP contribution in [0.15, 0.2) is 28.7 Å². The summed E-state index contributed by atoms with van der Waals surface area (Å²) in [6.45, 7) is 7.91. The van der Waals surface area contributed by atoms with Crippen molar-refractivity contribution in [3.63, 3.8) is 0 Å². The lowest BCUT2D eigenvalue weighted by Gasteiger charge is -2.23. The van der Waals surface area contributed by atoms with Gasteiger partial charge in [0.1, 0.15) is 11.6 Å². The van der Waals surface area contributed by atoms with Gasteiger partial charge in [0.15, 0.2) is 17.4 Å². The molecule has 1 fully saturated rings. The fraction of sp³-hybridized carbons (Fsp3) is 0.455. The zero-order valence-corrected chi connectivity index (χ0v) is 18.3. The van der Waals surface area contributed by atoms with E-state index in [4.69, 9.17) is 4.42 Å². The van der Waals surface area contributed by atoms with E-state index in [9.17, 15) is 4.79 Å². The summed E-state index contributed by atoms with van der Waals surface area (Å²) in [6, 6.07) is 7.44. The number of rotatable bonds is 5. The summed E-state index contributed by atoms with van der Waals surface area (Å²) < 4.78 is 8.44. The van der Waals surface area contributed by atoms with Gasteiger partial charge in [-0.1, -0.05) is 0 Å². The number of aryl methyl sites for hydroxylation is 3. The predicted octanol–water partition coefficient (Wildman–Crippen LogP) is 3.27. The summed E-state index contributed by atoms with van der Waals surface area (Å²) in [7, 11) is 4.42. The maximum absolute atomic E-state index is 12.7. The molecule has 3 aromatic rings. The van der Waals surface area contributed by atoms with Crippen LogP contribution in [0.2, 0.25) is 0 Å². The van der Waals surface area contributed by atoms with Gasteiger partial charge in [0.2, 0.25) is 5.91 Å². The van der Waals surface area contributed by atoms with Crippen LogP contribution in [0.1, 0.15) is 30.0 Å². The zero-order valence-electron chi connectivity index (χ0n) is 18.3. The van der Waals surface area contributed by atoms with Crippen molar-refractivity contribution in [2.24, 2.45) is 5.92 Å². The molecule has 1 aliphatic rings. The molecule has 8 heteroatoms. The number of anilines is 1. The van der Waals surface area contributed by atoms with Crippen molar-refractivity contribution in [1.82, 2.24) is 19.7 Å². The molecule has 1 saturated heterocycles. The molecular weight excluding hydrogens is 380 g/mol. The molecule has 0 unspecified atom stereocenters. The van der Waals surface area contributed by atoms with Crippen molar-refractivity contribution in [3.05, 3.63) is 41.4 Å². The molecule has 0 spiro atoms. The summed E-state index contributed by atoms with van der Waals surface area (Å²) in [5.74, 6) is 3.16. The van der Waals surface area contributed by atoms with Crippen molar-refractivity contribution < 1.29 is 13.7 Å². The minimum atomic E-state index is -0.0264. The van der Waals surface area contributed by atoms with Crippen LogP contribution in [0.25, 0.3) is 17.4 Å². The monoisotopic (exact) mass is 409 g/mol. The van der Waals surface area contributed by atoms with Crippen LogP contribution in [0.5, 0.6) is 0 Å². The number of carbonyl (C=O) groups is 1. The fourth-order valence-electron chi connectivity index (χ4n) is 4.17. The minimum Gasteiger partial charge on any atom is -0.458 e. The highest BCUT2D eigenvalue weighted by molar-refractivity contribution is 5.90. The maximum atomic E-state index is 12.7. The molecule has 1 N–H and O–H groups in total. The van der Waals surface area contributed by atoms with Crippen molar-refractivity contribution in [3.8, 4) is 17.4 Å². The third-order valence-electron chi connectivity index (χ3n) is 5.54. The molecule has 3 aromatic heterocycles. The van der Waals surface area contributed by atoms with E-state index in [2.05, 4.69) is 34.5 Å². The first-order valence-electron chi connectivity index (χ1n) is 10.3. The van der Waals surface area contributed by atoms with Gasteiger partial charge in [0.25, 0.3) is 0 Å². The first kappa shape index (κ1) is 20.3. The number of amides is 1. The second kappa shape index (κ2) is 7.68. The fourth-order valence-corrected chi connectivity index (χ4v) is 4.17. The first-order chi connectivity index (χ1) is 14.2. The topological polar surface area (TPSA) is 85.8 Å². The Hall–Kier alpha value is -3.00.